The van der Waals surface area contributed by atoms with Crippen LogP contribution in [0.5, 0.6) is 0 Å². The zero-order chi connectivity index (χ0) is 9.52. The van der Waals surface area contributed by atoms with Crippen molar-refractivity contribution in [3.05, 3.63) is 12.2 Å². The average Bonchev–Trinajstić information content (AvgIpc) is 2.17. The van der Waals surface area contributed by atoms with Gasteiger partial charge in [0.1, 0.15) is 0 Å². The molecule has 0 fully saturated rings. The summed E-state index contributed by atoms with van der Waals surface area (Å²) in [6.07, 6.45) is 13.1. The summed E-state index contributed by atoms with van der Waals surface area (Å²) < 4.78 is 5.85. The van der Waals surface area contributed by atoms with E-state index in [9.17, 15) is 0 Å². The molecule has 0 aromatic carbocycles. The fourth-order valence-electron chi connectivity index (χ4n) is 1.82. The monoisotopic (exact) mass is 182 g/mol. The van der Waals surface area contributed by atoms with E-state index in [4.69, 9.17) is 4.74 Å². The summed E-state index contributed by atoms with van der Waals surface area (Å²) in [6.45, 7) is 4.25. The predicted molar refractivity (Wildman–Crippen MR) is 56.9 cm³/mol. The van der Waals surface area contributed by atoms with Crippen molar-refractivity contribution in [3.8, 4) is 0 Å². The third-order valence-electron chi connectivity index (χ3n) is 2.43. The highest BCUT2D eigenvalue weighted by atomic mass is 16.5. The molecule has 0 saturated heterocycles. The first-order valence-electron chi connectivity index (χ1n) is 5.59. The quantitative estimate of drug-likeness (QED) is 0.592. The van der Waals surface area contributed by atoms with Crippen molar-refractivity contribution < 1.29 is 4.74 Å². The van der Waals surface area contributed by atoms with Crippen LogP contribution in [0.3, 0.4) is 0 Å². The molecule has 13 heavy (non-hydrogen) atoms. The molecule has 0 radical (unpaired) electrons. The van der Waals surface area contributed by atoms with Gasteiger partial charge in [0, 0.05) is 0 Å². The van der Waals surface area contributed by atoms with Gasteiger partial charge < -0.3 is 4.74 Å². The molecule has 1 aliphatic rings. The van der Waals surface area contributed by atoms with Gasteiger partial charge in [-0.05, 0) is 46.0 Å². The first-order chi connectivity index (χ1) is 6.29. The molecule has 0 bridgehead atoms. The van der Waals surface area contributed by atoms with Gasteiger partial charge >= 0.3 is 0 Å². The molecule has 0 aliphatic heterocycles. The van der Waals surface area contributed by atoms with E-state index in [0.717, 1.165) is 0 Å². The highest BCUT2D eigenvalue weighted by Crippen LogP contribution is 2.16. The van der Waals surface area contributed by atoms with Crippen LogP contribution < -0.4 is 0 Å². The molecule has 1 heteroatoms. The lowest BCUT2D eigenvalue weighted by atomic mass is 10.1. The van der Waals surface area contributed by atoms with E-state index in [2.05, 4.69) is 26.0 Å². The maximum absolute atomic E-state index is 5.85. The van der Waals surface area contributed by atoms with E-state index < -0.39 is 0 Å². The second kappa shape index (κ2) is 6.20. The standard InChI is InChI=1S/C12H22O/c1-11(2)13-12-9-7-5-3-4-6-8-10-12/h3,5,11-12H,4,6-10H2,1-2H3/b5-3+. The third kappa shape index (κ3) is 5.09. The Balaban J connectivity index is 2.30. The number of hydrogen-bond acceptors (Lipinski definition) is 1. The Morgan fingerprint density at radius 1 is 1.08 bits per heavy atom. The Hall–Kier alpha value is -0.300. The van der Waals surface area contributed by atoms with E-state index in [1.54, 1.807) is 0 Å². The number of allylic oxidation sites excluding steroid dienone is 2. The molecule has 0 N–H and O–H groups in total. The van der Waals surface area contributed by atoms with Gasteiger partial charge in [-0.1, -0.05) is 18.6 Å². The Bertz CT molecular complexity index is 149. The van der Waals surface area contributed by atoms with Crippen molar-refractivity contribution in [2.75, 3.05) is 0 Å². The summed E-state index contributed by atoms with van der Waals surface area (Å²) in [5, 5.41) is 0. The Morgan fingerprint density at radius 3 is 2.62 bits per heavy atom. The minimum atomic E-state index is 0.384. The second-order valence-electron chi connectivity index (χ2n) is 4.14. The molecule has 1 atom stereocenters. The normalized spacial score (nSPS) is 27.8. The van der Waals surface area contributed by atoms with Gasteiger partial charge in [0.15, 0.2) is 0 Å². The van der Waals surface area contributed by atoms with E-state index >= 15 is 0 Å². The van der Waals surface area contributed by atoms with Gasteiger partial charge in [0.05, 0.1) is 12.2 Å². The van der Waals surface area contributed by atoms with E-state index in [-0.39, 0.29) is 0 Å². The lowest BCUT2D eigenvalue weighted by Gasteiger charge is -2.19. The lowest BCUT2D eigenvalue weighted by molar-refractivity contribution is -0.00174. The van der Waals surface area contributed by atoms with Gasteiger partial charge in [-0.15, -0.1) is 0 Å². The molecule has 1 aliphatic carbocycles. The lowest BCUT2D eigenvalue weighted by Crippen LogP contribution is -2.17. The van der Waals surface area contributed by atoms with Gasteiger partial charge in [-0.2, -0.15) is 0 Å². The summed E-state index contributed by atoms with van der Waals surface area (Å²) in [5.74, 6) is 0. The first-order valence-corrected chi connectivity index (χ1v) is 5.59. The van der Waals surface area contributed by atoms with Gasteiger partial charge in [-0.25, -0.2) is 0 Å². The van der Waals surface area contributed by atoms with Crippen LogP contribution in [0.15, 0.2) is 12.2 Å². The molecular weight excluding hydrogens is 160 g/mol. The number of ether oxygens (including phenoxy) is 1. The van der Waals surface area contributed by atoms with Crippen molar-refractivity contribution in [2.24, 2.45) is 0 Å². The molecule has 0 aromatic heterocycles. The number of rotatable bonds is 2. The van der Waals surface area contributed by atoms with Crippen LogP contribution in [-0.2, 0) is 4.74 Å². The molecule has 76 valence electrons. The molecule has 1 unspecified atom stereocenters. The van der Waals surface area contributed by atoms with Gasteiger partial charge in [0.2, 0.25) is 0 Å². The van der Waals surface area contributed by atoms with Crippen LogP contribution in [-0.4, -0.2) is 12.2 Å². The fourth-order valence-corrected chi connectivity index (χ4v) is 1.82. The van der Waals surface area contributed by atoms with Gasteiger partial charge in [0.25, 0.3) is 0 Å². The minimum absolute atomic E-state index is 0.384. The average molecular weight is 182 g/mol. The van der Waals surface area contributed by atoms with E-state index in [0.29, 0.717) is 12.2 Å². The van der Waals surface area contributed by atoms with Crippen LogP contribution in [0.2, 0.25) is 0 Å². The van der Waals surface area contributed by atoms with Crippen LogP contribution >= 0.6 is 0 Å². The van der Waals surface area contributed by atoms with Crippen LogP contribution in [0.4, 0.5) is 0 Å². The first kappa shape index (κ1) is 10.8. The van der Waals surface area contributed by atoms with E-state index in [1.807, 2.05) is 0 Å². The Labute approximate surface area is 82.2 Å². The van der Waals surface area contributed by atoms with Gasteiger partial charge in [-0.3, -0.25) is 0 Å². The SMILES string of the molecule is CC(C)OC1CC/C=C/CCCC1. The van der Waals surface area contributed by atoms with E-state index in [1.165, 1.54) is 38.5 Å². The summed E-state index contributed by atoms with van der Waals surface area (Å²) in [6, 6.07) is 0. The second-order valence-corrected chi connectivity index (χ2v) is 4.14. The zero-order valence-electron chi connectivity index (χ0n) is 8.96. The maximum atomic E-state index is 5.85. The van der Waals surface area contributed by atoms with Crippen molar-refractivity contribution in [3.63, 3.8) is 0 Å². The summed E-state index contributed by atoms with van der Waals surface area (Å²) in [4.78, 5) is 0. The molecule has 0 spiro atoms. The molecule has 0 saturated carbocycles. The molecule has 0 heterocycles. The highest BCUT2D eigenvalue weighted by Gasteiger charge is 2.10. The molecular formula is C12H22O. The highest BCUT2D eigenvalue weighted by molar-refractivity contribution is 4.84. The molecule has 1 rings (SSSR count). The van der Waals surface area contributed by atoms with Crippen molar-refractivity contribution in [1.82, 2.24) is 0 Å². The topological polar surface area (TPSA) is 9.23 Å². The van der Waals surface area contributed by atoms with Crippen molar-refractivity contribution >= 4 is 0 Å². The summed E-state index contributed by atoms with van der Waals surface area (Å²) in [7, 11) is 0. The molecule has 0 amide bonds. The van der Waals surface area contributed by atoms with Crippen LogP contribution in [0.1, 0.15) is 52.4 Å². The van der Waals surface area contributed by atoms with Crippen molar-refractivity contribution in [2.45, 2.75) is 64.6 Å². The summed E-state index contributed by atoms with van der Waals surface area (Å²) >= 11 is 0. The summed E-state index contributed by atoms with van der Waals surface area (Å²) in [5.41, 5.74) is 0. The third-order valence-corrected chi connectivity index (χ3v) is 2.43. The predicted octanol–water partition coefficient (Wildman–Crippen LogP) is 3.69. The Kier molecular flexibility index (Phi) is 5.14. The van der Waals surface area contributed by atoms with Crippen molar-refractivity contribution in [1.29, 1.82) is 0 Å². The molecule has 1 nitrogen and oxygen atoms in total. The minimum Gasteiger partial charge on any atom is -0.376 e. The Morgan fingerprint density at radius 2 is 1.85 bits per heavy atom. The smallest absolute Gasteiger partial charge is 0.0581 e. The largest absolute Gasteiger partial charge is 0.376 e. The maximum Gasteiger partial charge on any atom is 0.0581 e. The zero-order valence-corrected chi connectivity index (χ0v) is 8.96. The van der Waals surface area contributed by atoms with Crippen LogP contribution in [0, 0.1) is 0 Å². The molecule has 0 aromatic rings. The fraction of sp³-hybridized carbons (Fsp3) is 0.833. The van der Waals surface area contributed by atoms with Crippen LogP contribution in [0.25, 0.3) is 0 Å². The number of hydrogen-bond donors (Lipinski definition) is 0.